The molecule has 3 nitrogen and oxygen atoms in total. The number of aryl methyl sites for hydroxylation is 3. The first-order valence-electron chi connectivity index (χ1n) is 6.23. The molecule has 4 heteroatoms. The molecule has 0 spiro atoms. The van der Waals surface area contributed by atoms with Crippen LogP contribution in [0.3, 0.4) is 0 Å². The topological polar surface area (TPSA) is 48.7 Å². The Hall–Kier alpha value is -1.86. The van der Waals surface area contributed by atoms with E-state index in [1.807, 2.05) is 32.0 Å². The molecule has 0 aliphatic heterocycles. The van der Waals surface area contributed by atoms with E-state index in [9.17, 15) is 5.26 Å². The molecular weight excluding hydrogens is 254 g/mol. The third kappa shape index (κ3) is 2.77. The van der Waals surface area contributed by atoms with Gasteiger partial charge in [-0.25, -0.2) is 4.98 Å². The summed E-state index contributed by atoms with van der Waals surface area (Å²) in [6.07, 6.45) is 0. The van der Waals surface area contributed by atoms with Gasteiger partial charge in [-0.05, 0) is 39.3 Å². The van der Waals surface area contributed by atoms with Crippen LogP contribution in [0.1, 0.15) is 39.7 Å². The zero-order valence-electron chi connectivity index (χ0n) is 11.6. The fourth-order valence-electron chi connectivity index (χ4n) is 2.18. The molecule has 0 amide bonds. The number of nitriles is 1. The Bertz CT molecular complexity index is 637. The second-order valence-corrected chi connectivity index (χ2v) is 6.06. The predicted molar refractivity (Wildman–Crippen MR) is 79.5 cm³/mol. The molecule has 1 unspecified atom stereocenters. The van der Waals surface area contributed by atoms with Gasteiger partial charge in [-0.3, -0.25) is 0 Å². The van der Waals surface area contributed by atoms with Crippen LogP contribution in [-0.2, 0) is 0 Å². The van der Waals surface area contributed by atoms with Crippen molar-refractivity contribution in [2.45, 2.75) is 33.7 Å². The molecule has 1 heterocycles. The van der Waals surface area contributed by atoms with Gasteiger partial charge in [0.1, 0.15) is 6.07 Å². The lowest BCUT2D eigenvalue weighted by Gasteiger charge is -2.16. The molecule has 1 N–H and O–H groups in total. The lowest BCUT2D eigenvalue weighted by molar-refractivity contribution is 0.836. The summed E-state index contributed by atoms with van der Waals surface area (Å²) in [6, 6.07) is 8.21. The lowest BCUT2D eigenvalue weighted by atomic mass is 10.1. The van der Waals surface area contributed by atoms with Crippen molar-refractivity contribution in [3.8, 4) is 6.07 Å². The van der Waals surface area contributed by atoms with Crippen LogP contribution in [0.2, 0.25) is 0 Å². The molecule has 1 aromatic heterocycles. The van der Waals surface area contributed by atoms with Crippen LogP contribution >= 0.6 is 11.3 Å². The van der Waals surface area contributed by atoms with E-state index in [4.69, 9.17) is 0 Å². The fraction of sp³-hybridized carbons (Fsp3) is 0.333. The highest BCUT2D eigenvalue weighted by Gasteiger charge is 2.14. The molecular formula is C15H17N3S. The van der Waals surface area contributed by atoms with E-state index < -0.39 is 0 Å². The van der Waals surface area contributed by atoms with Crippen molar-refractivity contribution < 1.29 is 0 Å². The van der Waals surface area contributed by atoms with E-state index in [-0.39, 0.29) is 6.04 Å². The second kappa shape index (κ2) is 5.41. The maximum atomic E-state index is 9.24. The summed E-state index contributed by atoms with van der Waals surface area (Å²) in [4.78, 5) is 5.78. The summed E-state index contributed by atoms with van der Waals surface area (Å²) in [6.45, 7) is 8.12. The van der Waals surface area contributed by atoms with Crippen LogP contribution in [0.4, 0.5) is 5.69 Å². The molecule has 2 aromatic rings. The van der Waals surface area contributed by atoms with Crippen LogP contribution < -0.4 is 5.32 Å². The van der Waals surface area contributed by atoms with Gasteiger partial charge in [0.25, 0.3) is 0 Å². The summed E-state index contributed by atoms with van der Waals surface area (Å²) in [5, 5.41) is 13.7. The summed E-state index contributed by atoms with van der Waals surface area (Å²) in [5.74, 6) is 0. The molecule has 0 saturated heterocycles. The minimum Gasteiger partial charge on any atom is -0.376 e. The van der Waals surface area contributed by atoms with Crippen molar-refractivity contribution in [3.63, 3.8) is 0 Å². The molecule has 1 aromatic carbocycles. The molecule has 0 aliphatic rings. The van der Waals surface area contributed by atoms with Crippen molar-refractivity contribution in [3.05, 3.63) is 44.9 Å². The number of anilines is 1. The van der Waals surface area contributed by atoms with Crippen molar-refractivity contribution in [1.82, 2.24) is 4.98 Å². The number of aromatic nitrogens is 1. The van der Waals surface area contributed by atoms with Gasteiger partial charge >= 0.3 is 0 Å². The molecule has 0 aliphatic carbocycles. The number of hydrogen-bond acceptors (Lipinski definition) is 4. The van der Waals surface area contributed by atoms with E-state index in [1.165, 1.54) is 4.88 Å². The highest BCUT2D eigenvalue weighted by atomic mass is 32.1. The van der Waals surface area contributed by atoms with Gasteiger partial charge in [0, 0.05) is 4.88 Å². The van der Waals surface area contributed by atoms with E-state index in [1.54, 1.807) is 11.3 Å². The monoisotopic (exact) mass is 271 g/mol. The Morgan fingerprint density at radius 1 is 1.32 bits per heavy atom. The molecule has 98 valence electrons. The van der Waals surface area contributed by atoms with Gasteiger partial charge in [0.05, 0.1) is 28.0 Å². The zero-order valence-corrected chi connectivity index (χ0v) is 12.4. The number of rotatable bonds is 3. The molecule has 0 fully saturated rings. The highest BCUT2D eigenvalue weighted by Crippen LogP contribution is 2.27. The maximum Gasteiger partial charge on any atom is 0.102 e. The van der Waals surface area contributed by atoms with E-state index in [0.717, 1.165) is 22.0 Å². The number of nitrogens with zero attached hydrogens (tertiary/aromatic N) is 2. The van der Waals surface area contributed by atoms with Crippen LogP contribution in [0, 0.1) is 32.1 Å². The molecule has 19 heavy (non-hydrogen) atoms. The third-order valence-corrected chi connectivity index (χ3v) is 4.01. The number of thiazole rings is 1. The van der Waals surface area contributed by atoms with Crippen molar-refractivity contribution in [2.24, 2.45) is 0 Å². The van der Waals surface area contributed by atoms with Gasteiger partial charge in [0.2, 0.25) is 0 Å². The molecule has 0 radical (unpaired) electrons. The number of nitrogens with one attached hydrogen (secondary N) is 1. The molecule has 2 rings (SSSR count). The van der Waals surface area contributed by atoms with Gasteiger partial charge in [-0.15, -0.1) is 11.3 Å². The Morgan fingerprint density at radius 3 is 2.63 bits per heavy atom. The molecule has 1 atom stereocenters. The zero-order chi connectivity index (χ0) is 14.0. The first-order valence-corrected chi connectivity index (χ1v) is 7.04. The average molecular weight is 271 g/mol. The van der Waals surface area contributed by atoms with Crippen LogP contribution in [0.5, 0.6) is 0 Å². The van der Waals surface area contributed by atoms with Crippen LogP contribution in [0.25, 0.3) is 0 Å². The minimum atomic E-state index is 0.0962. The Balaban J connectivity index is 2.30. The highest BCUT2D eigenvalue weighted by molar-refractivity contribution is 7.11. The van der Waals surface area contributed by atoms with E-state index in [2.05, 4.69) is 30.2 Å². The van der Waals surface area contributed by atoms with Gasteiger partial charge < -0.3 is 5.32 Å². The average Bonchev–Trinajstić information content (AvgIpc) is 2.69. The maximum absolute atomic E-state index is 9.24. The molecule has 0 saturated carbocycles. The van der Waals surface area contributed by atoms with Crippen molar-refractivity contribution in [2.75, 3.05) is 5.32 Å². The summed E-state index contributed by atoms with van der Waals surface area (Å²) < 4.78 is 0. The SMILES string of the molecule is Cc1nc(C(C)Nc2cccc(C)c2C#N)c(C)s1. The predicted octanol–water partition coefficient (Wildman–Crippen LogP) is 4.11. The van der Waals surface area contributed by atoms with Gasteiger partial charge in [-0.2, -0.15) is 5.26 Å². The summed E-state index contributed by atoms with van der Waals surface area (Å²) in [5.41, 5.74) is 3.64. The summed E-state index contributed by atoms with van der Waals surface area (Å²) in [7, 11) is 0. The van der Waals surface area contributed by atoms with Crippen molar-refractivity contribution in [1.29, 1.82) is 5.26 Å². The fourth-order valence-corrected chi connectivity index (χ4v) is 3.10. The third-order valence-electron chi connectivity index (χ3n) is 3.11. The minimum absolute atomic E-state index is 0.0962. The Kier molecular flexibility index (Phi) is 3.87. The summed E-state index contributed by atoms with van der Waals surface area (Å²) >= 11 is 1.71. The van der Waals surface area contributed by atoms with Crippen molar-refractivity contribution >= 4 is 17.0 Å². The molecule has 0 bridgehead atoms. The first-order chi connectivity index (χ1) is 9.02. The van der Waals surface area contributed by atoms with E-state index in [0.29, 0.717) is 5.56 Å². The number of hydrogen-bond donors (Lipinski definition) is 1. The normalized spacial score (nSPS) is 11.9. The van der Waals surface area contributed by atoms with Crippen LogP contribution in [0.15, 0.2) is 18.2 Å². The quantitative estimate of drug-likeness (QED) is 0.913. The Morgan fingerprint density at radius 2 is 2.05 bits per heavy atom. The number of benzene rings is 1. The van der Waals surface area contributed by atoms with Gasteiger partial charge in [0.15, 0.2) is 0 Å². The lowest BCUT2D eigenvalue weighted by Crippen LogP contribution is -2.09. The largest absolute Gasteiger partial charge is 0.376 e. The Labute approximate surface area is 117 Å². The van der Waals surface area contributed by atoms with E-state index >= 15 is 0 Å². The first kappa shape index (κ1) is 13.6. The standard InChI is InChI=1S/C15H17N3S/c1-9-6-5-7-14(13(9)8-16)17-10(2)15-11(3)19-12(4)18-15/h5-7,10,17H,1-4H3. The second-order valence-electron chi connectivity index (χ2n) is 4.65. The smallest absolute Gasteiger partial charge is 0.102 e. The van der Waals surface area contributed by atoms with Crippen LogP contribution in [-0.4, -0.2) is 4.98 Å². The van der Waals surface area contributed by atoms with Gasteiger partial charge in [-0.1, -0.05) is 12.1 Å².